The predicted molar refractivity (Wildman–Crippen MR) is 74.1 cm³/mol. The highest BCUT2D eigenvalue weighted by Gasteiger charge is 2.23. The van der Waals surface area contributed by atoms with Crippen molar-refractivity contribution in [1.29, 1.82) is 0 Å². The predicted octanol–water partition coefficient (Wildman–Crippen LogP) is 4.42. The van der Waals surface area contributed by atoms with Gasteiger partial charge in [0.1, 0.15) is 0 Å². The average Bonchev–Trinajstić information content (AvgIpc) is 2.40. The van der Waals surface area contributed by atoms with Crippen molar-refractivity contribution in [2.24, 2.45) is 0 Å². The van der Waals surface area contributed by atoms with E-state index < -0.39 is 12.4 Å². The summed E-state index contributed by atoms with van der Waals surface area (Å²) in [4.78, 5) is 0. The summed E-state index contributed by atoms with van der Waals surface area (Å²) in [7, 11) is 0. The molecule has 17 heavy (non-hydrogen) atoms. The maximum Gasteiger partial charge on any atom is 0.0594 e. The van der Waals surface area contributed by atoms with Crippen LogP contribution in [0, 0.1) is 0 Å². The smallest absolute Gasteiger partial charge is 0.0594 e. The van der Waals surface area contributed by atoms with Gasteiger partial charge in [-0.3, -0.25) is 0 Å². The third-order valence-corrected chi connectivity index (χ3v) is 3.01. The van der Waals surface area contributed by atoms with Gasteiger partial charge in [-0.25, -0.2) is 0 Å². The number of benzene rings is 2. The molecule has 2 aromatic rings. The van der Waals surface area contributed by atoms with Gasteiger partial charge in [0.2, 0.25) is 0 Å². The molecule has 1 unspecified atom stereocenters. The third-order valence-electron chi connectivity index (χ3n) is 3.01. The van der Waals surface area contributed by atoms with E-state index in [9.17, 15) is 0 Å². The van der Waals surface area contributed by atoms with Crippen molar-refractivity contribution in [1.82, 2.24) is 0 Å². The van der Waals surface area contributed by atoms with Crippen LogP contribution in [-0.2, 0) is 5.54 Å². The second-order valence-corrected chi connectivity index (χ2v) is 4.39. The molecule has 0 saturated heterocycles. The lowest BCUT2D eigenvalue weighted by molar-refractivity contribution is 0.523. The lowest BCUT2D eigenvalue weighted by atomic mass is 9.89. The molecule has 0 heterocycles. The standard InChI is InChI=1S/C16H19N/c1-3-16(2,14-10-6-4-7-11-14)17-15-12-8-5-9-13-15/h4-13,17H,3H2,1-2H3/i1D2. The topological polar surface area (TPSA) is 12.0 Å². The summed E-state index contributed by atoms with van der Waals surface area (Å²) in [5, 5.41) is 3.46. The van der Waals surface area contributed by atoms with Gasteiger partial charge in [-0.15, -0.1) is 0 Å². The molecule has 0 spiro atoms. The molecule has 2 rings (SSSR count). The Morgan fingerprint density at radius 2 is 1.59 bits per heavy atom. The van der Waals surface area contributed by atoms with Crippen molar-refractivity contribution in [2.75, 3.05) is 5.32 Å². The van der Waals surface area contributed by atoms with Crippen LogP contribution in [0.5, 0.6) is 0 Å². The fourth-order valence-electron chi connectivity index (χ4n) is 1.89. The van der Waals surface area contributed by atoms with Gasteiger partial charge in [0.05, 0.1) is 5.54 Å². The first-order valence-electron chi connectivity index (χ1n) is 6.99. The number of hydrogen-bond acceptors (Lipinski definition) is 1. The number of rotatable bonds is 4. The highest BCUT2D eigenvalue weighted by atomic mass is 15.0. The van der Waals surface area contributed by atoms with Crippen LogP contribution >= 0.6 is 0 Å². The molecule has 0 aliphatic heterocycles. The molecule has 0 bridgehead atoms. The first-order valence-corrected chi connectivity index (χ1v) is 5.83. The minimum atomic E-state index is -0.860. The van der Waals surface area contributed by atoms with E-state index >= 15 is 0 Å². The largest absolute Gasteiger partial charge is 0.376 e. The van der Waals surface area contributed by atoms with Gasteiger partial charge < -0.3 is 5.32 Å². The Hall–Kier alpha value is -1.76. The van der Waals surface area contributed by atoms with Crippen LogP contribution < -0.4 is 5.32 Å². The third kappa shape index (κ3) is 2.68. The van der Waals surface area contributed by atoms with Gasteiger partial charge in [0.15, 0.2) is 0 Å². The van der Waals surface area contributed by atoms with Gasteiger partial charge in [0.25, 0.3) is 0 Å². The molecule has 1 heteroatoms. The summed E-state index contributed by atoms with van der Waals surface area (Å²) < 4.78 is 15.2. The fraction of sp³-hybridized carbons (Fsp3) is 0.250. The zero-order chi connectivity index (χ0) is 13.7. The number of hydrogen-bond donors (Lipinski definition) is 1. The maximum absolute atomic E-state index is 7.58. The molecule has 1 nitrogen and oxygen atoms in total. The highest BCUT2D eigenvalue weighted by molar-refractivity contribution is 5.47. The monoisotopic (exact) mass is 227 g/mol. The van der Waals surface area contributed by atoms with E-state index in [0.717, 1.165) is 11.3 Å². The van der Waals surface area contributed by atoms with E-state index in [1.165, 1.54) is 0 Å². The highest BCUT2D eigenvalue weighted by Crippen LogP contribution is 2.28. The first kappa shape index (κ1) is 9.29. The molecule has 88 valence electrons. The minimum absolute atomic E-state index is 0.406. The van der Waals surface area contributed by atoms with Crippen molar-refractivity contribution < 1.29 is 2.74 Å². The second kappa shape index (κ2) is 5.05. The van der Waals surface area contributed by atoms with Gasteiger partial charge in [-0.1, -0.05) is 55.4 Å². The summed E-state index contributed by atoms with van der Waals surface area (Å²) in [6.45, 7) is 1.19. The Balaban J connectivity index is 2.30. The van der Waals surface area contributed by atoms with Crippen molar-refractivity contribution in [3.8, 4) is 0 Å². The zero-order valence-corrected chi connectivity index (χ0v) is 10.1. The summed E-state index contributed by atoms with van der Waals surface area (Å²) in [5.74, 6) is 0. The van der Waals surface area contributed by atoms with Gasteiger partial charge in [-0.05, 0) is 31.0 Å². The minimum Gasteiger partial charge on any atom is -0.376 e. The van der Waals surface area contributed by atoms with E-state index in [2.05, 4.69) is 5.32 Å². The molecule has 0 radical (unpaired) electrons. The molecule has 2 aromatic carbocycles. The Labute approximate surface area is 106 Å². The molecule has 0 aromatic heterocycles. The Morgan fingerprint density at radius 3 is 2.18 bits per heavy atom. The Bertz CT molecular complexity index is 499. The fourth-order valence-corrected chi connectivity index (χ4v) is 1.89. The summed E-state index contributed by atoms with van der Waals surface area (Å²) in [6.07, 6.45) is 0.436. The summed E-state index contributed by atoms with van der Waals surface area (Å²) in [5.41, 5.74) is 1.70. The number of anilines is 1. The van der Waals surface area contributed by atoms with Crippen LogP contribution in [0.15, 0.2) is 60.7 Å². The molecular weight excluding hydrogens is 206 g/mol. The molecular formula is C16H19N. The molecule has 1 N–H and O–H groups in total. The normalized spacial score (nSPS) is 15.9. The zero-order valence-electron chi connectivity index (χ0n) is 12.1. The molecule has 0 saturated carbocycles. The van der Waals surface area contributed by atoms with E-state index in [4.69, 9.17) is 2.74 Å². The van der Waals surface area contributed by atoms with Gasteiger partial charge >= 0.3 is 0 Å². The van der Waals surface area contributed by atoms with E-state index in [0.29, 0.717) is 6.42 Å². The van der Waals surface area contributed by atoms with Crippen LogP contribution in [0.2, 0.25) is 0 Å². The lowest BCUT2D eigenvalue weighted by Crippen LogP contribution is -2.30. The Kier molecular flexibility index (Phi) is 2.76. The second-order valence-electron chi connectivity index (χ2n) is 4.39. The quantitative estimate of drug-likeness (QED) is 0.815. The number of para-hydroxylation sites is 1. The summed E-state index contributed by atoms with van der Waals surface area (Å²) >= 11 is 0. The van der Waals surface area contributed by atoms with Crippen LogP contribution in [0.4, 0.5) is 5.69 Å². The Morgan fingerprint density at radius 1 is 1.00 bits per heavy atom. The van der Waals surface area contributed by atoms with Crippen LogP contribution in [0.25, 0.3) is 0 Å². The van der Waals surface area contributed by atoms with Gasteiger partial charge in [-0.2, -0.15) is 0 Å². The molecule has 0 aliphatic carbocycles. The first-order chi connectivity index (χ1) is 9.10. The maximum atomic E-state index is 7.58. The van der Waals surface area contributed by atoms with Crippen LogP contribution in [-0.4, -0.2) is 0 Å². The average molecular weight is 227 g/mol. The van der Waals surface area contributed by atoms with Crippen LogP contribution in [0.1, 0.15) is 28.5 Å². The van der Waals surface area contributed by atoms with E-state index in [1.54, 1.807) is 0 Å². The molecule has 1 atom stereocenters. The molecule has 0 aliphatic rings. The van der Waals surface area contributed by atoms with Crippen molar-refractivity contribution >= 4 is 5.69 Å². The lowest BCUT2D eigenvalue weighted by Gasteiger charge is -2.31. The van der Waals surface area contributed by atoms with Crippen LogP contribution in [0.3, 0.4) is 0 Å². The summed E-state index contributed by atoms with van der Waals surface area (Å²) in [6, 6.07) is 20.0. The van der Waals surface area contributed by atoms with E-state index in [1.807, 2.05) is 67.6 Å². The van der Waals surface area contributed by atoms with E-state index in [-0.39, 0.29) is 0 Å². The van der Waals surface area contributed by atoms with Crippen molar-refractivity contribution in [3.05, 3.63) is 66.2 Å². The van der Waals surface area contributed by atoms with Crippen molar-refractivity contribution in [3.63, 3.8) is 0 Å². The van der Waals surface area contributed by atoms with Gasteiger partial charge in [0, 0.05) is 8.43 Å². The van der Waals surface area contributed by atoms with Crippen molar-refractivity contribution in [2.45, 2.75) is 25.8 Å². The number of nitrogens with one attached hydrogen (secondary N) is 1. The molecule has 0 amide bonds. The SMILES string of the molecule is [2H]C([2H])CC(C)(Nc1ccccc1)c1ccccc1. The molecule has 0 fully saturated rings.